The van der Waals surface area contributed by atoms with E-state index in [0.29, 0.717) is 42.5 Å². The fourth-order valence-electron chi connectivity index (χ4n) is 2.91. The third-order valence-corrected chi connectivity index (χ3v) is 5.59. The molecule has 2 amide bonds. The van der Waals surface area contributed by atoms with Crippen LogP contribution in [0.1, 0.15) is 16.1 Å². The predicted octanol–water partition coefficient (Wildman–Crippen LogP) is 3.47. The molecule has 0 saturated carbocycles. The number of hydrogen-bond donors (Lipinski definition) is 1. The molecule has 1 N–H and O–H groups in total. The summed E-state index contributed by atoms with van der Waals surface area (Å²) in [5.74, 6) is -2.01. The lowest BCUT2D eigenvalue weighted by atomic mass is 10.3. The summed E-state index contributed by atoms with van der Waals surface area (Å²) in [6.45, 7) is 2.29. The maximum Gasteiger partial charge on any atom is 0.265 e. The molecule has 1 fully saturated rings. The second kappa shape index (κ2) is 8.77. The number of rotatable bonds is 4. The fraction of sp³-hybridized carbons (Fsp3) is 0.333. The molecule has 3 rings (SSSR count). The minimum absolute atomic E-state index is 0.0552. The molecule has 2 aromatic rings. The topological polar surface area (TPSA) is 52.7 Å². The lowest BCUT2D eigenvalue weighted by molar-refractivity contribution is -0.117. The molecule has 1 aliphatic rings. The van der Waals surface area contributed by atoms with E-state index < -0.39 is 11.6 Å². The molecule has 0 atom stereocenters. The van der Waals surface area contributed by atoms with Crippen LogP contribution in [0.3, 0.4) is 0 Å². The minimum Gasteiger partial charge on any atom is -0.337 e. The Morgan fingerprint density at radius 2 is 1.96 bits per heavy atom. The van der Waals surface area contributed by atoms with Gasteiger partial charge < -0.3 is 10.2 Å². The van der Waals surface area contributed by atoms with E-state index in [1.807, 2.05) is 4.90 Å². The van der Waals surface area contributed by atoms with Crippen LogP contribution in [0.5, 0.6) is 0 Å². The zero-order valence-corrected chi connectivity index (χ0v) is 16.0. The lowest BCUT2D eigenvalue weighted by Gasteiger charge is -2.21. The summed E-state index contributed by atoms with van der Waals surface area (Å²) in [6, 6.07) is 4.70. The standard InChI is InChI=1S/C18H18ClF2N3O2S/c19-13-4-9-27-17(13)18(26)24-6-1-5-23(7-8-24)11-16(25)22-15-3-2-12(20)10-14(15)21/h2-4,9-10H,1,5-8,11H2,(H,22,25). The van der Waals surface area contributed by atoms with Crippen LogP contribution in [-0.2, 0) is 4.79 Å². The number of carbonyl (C=O) groups is 2. The Kier molecular flexibility index (Phi) is 6.41. The van der Waals surface area contributed by atoms with Gasteiger partial charge in [0.15, 0.2) is 0 Å². The molecule has 0 unspecified atom stereocenters. The van der Waals surface area contributed by atoms with Crippen molar-refractivity contribution in [1.29, 1.82) is 0 Å². The lowest BCUT2D eigenvalue weighted by Crippen LogP contribution is -2.38. The SMILES string of the molecule is O=C(CN1CCCN(C(=O)c2sccc2Cl)CC1)Nc1ccc(F)cc1F. The van der Waals surface area contributed by atoms with Crippen LogP contribution in [0.15, 0.2) is 29.6 Å². The van der Waals surface area contributed by atoms with Crippen LogP contribution in [0.2, 0.25) is 5.02 Å². The van der Waals surface area contributed by atoms with Gasteiger partial charge in [-0.3, -0.25) is 14.5 Å². The number of benzene rings is 1. The Hall–Kier alpha value is -2.03. The maximum atomic E-state index is 13.6. The van der Waals surface area contributed by atoms with Crippen LogP contribution >= 0.6 is 22.9 Å². The Morgan fingerprint density at radius 3 is 2.67 bits per heavy atom. The maximum absolute atomic E-state index is 13.6. The van der Waals surface area contributed by atoms with E-state index in [4.69, 9.17) is 11.6 Å². The summed E-state index contributed by atoms with van der Waals surface area (Å²) in [7, 11) is 0. The smallest absolute Gasteiger partial charge is 0.265 e. The average molecular weight is 414 g/mol. The minimum atomic E-state index is -0.816. The highest BCUT2D eigenvalue weighted by molar-refractivity contribution is 7.12. The van der Waals surface area contributed by atoms with E-state index in [0.717, 1.165) is 12.1 Å². The number of amides is 2. The first-order chi connectivity index (χ1) is 12.9. The Labute approximate surface area is 164 Å². The first-order valence-corrected chi connectivity index (χ1v) is 9.69. The molecular weight excluding hydrogens is 396 g/mol. The molecule has 9 heteroatoms. The molecule has 1 aromatic carbocycles. The van der Waals surface area contributed by atoms with Gasteiger partial charge in [0.1, 0.15) is 16.5 Å². The highest BCUT2D eigenvalue weighted by Gasteiger charge is 2.23. The zero-order chi connectivity index (χ0) is 19.4. The van der Waals surface area contributed by atoms with E-state index in [1.165, 1.54) is 17.4 Å². The third-order valence-electron chi connectivity index (χ3n) is 4.26. The van der Waals surface area contributed by atoms with Crippen molar-refractivity contribution in [3.63, 3.8) is 0 Å². The van der Waals surface area contributed by atoms with Crippen LogP contribution in [0.4, 0.5) is 14.5 Å². The van der Waals surface area contributed by atoms with E-state index in [-0.39, 0.29) is 24.0 Å². The van der Waals surface area contributed by atoms with Gasteiger partial charge >= 0.3 is 0 Å². The highest BCUT2D eigenvalue weighted by atomic mass is 35.5. The largest absolute Gasteiger partial charge is 0.337 e. The number of carbonyl (C=O) groups excluding carboxylic acids is 2. The van der Waals surface area contributed by atoms with Gasteiger partial charge in [-0.2, -0.15) is 0 Å². The normalized spacial score (nSPS) is 15.4. The molecule has 0 spiro atoms. The number of nitrogens with zero attached hydrogens (tertiary/aromatic N) is 2. The van der Waals surface area contributed by atoms with Crippen LogP contribution < -0.4 is 5.32 Å². The summed E-state index contributed by atoms with van der Waals surface area (Å²) in [4.78, 5) is 28.9. The number of halogens is 3. The molecule has 0 aliphatic carbocycles. The van der Waals surface area contributed by atoms with Gasteiger partial charge in [-0.05, 0) is 30.0 Å². The van der Waals surface area contributed by atoms with Crippen molar-refractivity contribution in [2.24, 2.45) is 0 Å². The van der Waals surface area contributed by atoms with Crippen molar-refractivity contribution in [3.05, 3.63) is 51.2 Å². The Balaban J connectivity index is 1.54. The summed E-state index contributed by atoms with van der Waals surface area (Å²) in [5, 5.41) is 4.68. The molecule has 27 heavy (non-hydrogen) atoms. The monoisotopic (exact) mass is 413 g/mol. The Morgan fingerprint density at radius 1 is 1.15 bits per heavy atom. The molecule has 1 aromatic heterocycles. The molecular formula is C18H18ClF2N3O2S. The molecule has 1 saturated heterocycles. The van der Waals surface area contributed by atoms with E-state index >= 15 is 0 Å². The quantitative estimate of drug-likeness (QED) is 0.835. The van der Waals surface area contributed by atoms with Gasteiger partial charge in [-0.25, -0.2) is 8.78 Å². The van der Waals surface area contributed by atoms with Crippen LogP contribution in [-0.4, -0.2) is 54.3 Å². The van der Waals surface area contributed by atoms with Gasteiger partial charge in [0.05, 0.1) is 17.3 Å². The van der Waals surface area contributed by atoms with Gasteiger partial charge in [0.2, 0.25) is 5.91 Å². The van der Waals surface area contributed by atoms with E-state index in [1.54, 1.807) is 16.3 Å². The van der Waals surface area contributed by atoms with Crippen molar-refractivity contribution in [2.75, 3.05) is 38.0 Å². The average Bonchev–Trinajstić information content (AvgIpc) is 2.91. The highest BCUT2D eigenvalue weighted by Crippen LogP contribution is 2.24. The zero-order valence-electron chi connectivity index (χ0n) is 14.4. The summed E-state index contributed by atoms with van der Waals surface area (Å²) in [6.07, 6.45) is 0.715. The Bertz CT molecular complexity index is 846. The summed E-state index contributed by atoms with van der Waals surface area (Å²) >= 11 is 7.35. The molecule has 2 heterocycles. The molecule has 5 nitrogen and oxygen atoms in total. The molecule has 0 bridgehead atoms. The van der Waals surface area contributed by atoms with Crippen molar-refractivity contribution in [2.45, 2.75) is 6.42 Å². The first-order valence-electron chi connectivity index (χ1n) is 8.43. The second-order valence-electron chi connectivity index (χ2n) is 6.19. The van der Waals surface area contributed by atoms with E-state index in [2.05, 4.69) is 5.32 Å². The summed E-state index contributed by atoms with van der Waals surface area (Å²) in [5.41, 5.74) is -0.0552. The third kappa shape index (κ3) is 5.03. The van der Waals surface area contributed by atoms with Crippen LogP contribution in [0, 0.1) is 11.6 Å². The molecule has 1 aliphatic heterocycles. The molecule has 144 valence electrons. The van der Waals surface area contributed by atoms with Gasteiger partial charge in [0, 0.05) is 32.2 Å². The fourth-order valence-corrected chi connectivity index (χ4v) is 4.01. The second-order valence-corrected chi connectivity index (χ2v) is 7.52. The predicted molar refractivity (Wildman–Crippen MR) is 101 cm³/mol. The molecule has 0 radical (unpaired) electrons. The number of thiophene rings is 1. The van der Waals surface area contributed by atoms with Crippen molar-refractivity contribution < 1.29 is 18.4 Å². The number of anilines is 1. The van der Waals surface area contributed by atoms with Crippen molar-refractivity contribution >= 4 is 40.4 Å². The summed E-state index contributed by atoms with van der Waals surface area (Å²) < 4.78 is 26.6. The number of nitrogens with one attached hydrogen (secondary N) is 1. The van der Waals surface area contributed by atoms with Crippen LogP contribution in [0.25, 0.3) is 0 Å². The van der Waals surface area contributed by atoms with Crippen molar-refractivity contribution in [3.8, 4) is 0 Å². The van der Waals surface area contributed by atoms with Gasteiger partial charge in [0.25, 0.3) is 5.91 Å². The van der Waals surface area contributed by atoms with Gasteiger partial charge in [-0.1, -0.05) is 11.6 Å². The first kappa shape index (κ1) is 19.7. The van der Waals surface area contributed by atoms with Gasteiger partial charge in [-0.15, -0.1) is 11.3 Å². The van der Waals surface area contributed by atoms with E-state index in [9.17, 15) is 18.4 Å². The van der Waals surface area contributed by atoms with Crippen molar-refractivity contribution in [1.82, 2.24) is 9.80 Å². The number of hydrogen-bond acceptors (Lipinski definition) is 4.